The lowest BCUT2D eigenvalue weighted by Crippen LogP contribution is -2.37. The number of hydrogen-bond donors (Lipinski definition) is 2. The van der Waals surface area contributed by atoms with E-state index in [9.17, 15) is 9.59 Å². The Morgan fingerprint density at radius 3 is 2.52 bits per heavy atom. The Balaban J connectivity index is 1.89. The van der Waals surface area contributed by atoms with E-state index in [2.05, 4.69) is 5.32 Å². The van der Waals surface area contributed by atoms with Crippen molar-refractivity contribution in [1.29, 1.82) is 0 Å². The van der Waals surface area contributed by atoms with Gasteiger partial charge < -0.3 is 15.2 Å². The third kappa shape index (κ3) is 5.97. The summed E-state index contributed by atoms with van der Waals surface area (Å²) in [6.45, 7) is 1.77. The van der Waals surface area contributed by atoms with E-state index in [0.717, 1.165) is 11.1 Å². The third-order valence-corrected chi connectivity index (χ3v) is 3.76. The van der Waals surface area contributed by atoms with E-state index in [1.165, 1.54) is 13.0 Å². The maximum atomic E-state index is 11.6. The van der Waals surface area contributed by atoms with Gasteiger partial charge in [-0.15, -0.1) is 0 Å². The van der Waals surface area contributed by atoms with Crippen molar-refractivity contribution in [2.24, 2.45) is 0 Å². The second kappa shape index (κ2) is 8.89. The van der Waals surface area contributed by atoms with Gasteiger partial charge in [0.05, 0.1) is 0 Å². The maximum Gasteiger partial charge on any atom is 0.325 e. The summed E-state index contributed by atoms with van der Waals surface area (Å²) < 4.78 is 5.68. The Morgan fingerprint density at radius 2 is 1.88 bits per heavy atom. The molecule has 1 atom stereocenters. The molecule has 5 nitrogen and oxygen atoms in total. The molecule has 6 heteroatoms. The molecular formula is C19H18ClNO4. The molecule has 0 saturated heterocycles. The molecular weight excluding hydrogens is 342 g/mol. The first kappa shape index (κ1) is 18.5. The van der Waals surface area contributed by atoms with Crippen molar-refractivity contribution in [3.05, 3.63) is 70.8 Å². The van der Waals surface area contributed by atoms with Crippen molar-refractivity contribution < 1.29 is 19.4 Å². The van der Waals surface area contributed by atoms with E-state index in [4.69, 9.17) is 21.4 Å². The predicted molar refractivity (Wildman–Crippen MR) is 96.5 cm³/mol. The van der Waals surface area contributed by atoms with Gasteiger partial charge in [0.15, 0.2) is 0 Å². The quantitative estimate of drug-likeness (QED) is 0.742. The van der Waals surface area contributed by atoms with E-state index >= 15 is 0 Å². The smallest absolute Gasteiger partial charge is 0.325 e. The average Bonchev–Trinajstić information content (AvgIpc) is 2.60. The second-order valence-corrected chi connectivity index (χ2v) is 5.76. The molecule has 0 aliphatic rings. The number of carboxylic acid groups (broad SMARTS) is 1. The minimum absolute atomic E-state index is 0.365. The van der Waals surface area contributed by atoms with Crippen LogP contribution >= 0.6 is 11.6 Å². The normalized spacial score (nSPS) is 11.9. The molecule has 0 spiro atoms. The highest BCUT2D eigenvalue weighted by atomic mass is 35.5. The second-order valence-electron chi connectivity index (χ2n) is 5.35. The summed E-state index contributed by atoms with van der Waals surface area (Å²) in [5, 5.41) is 11.7. The van der Waals surface area contributed by atoms with Crippen LogP contribution in [0.25, 0.3) is 6.08 Å². The van der Waals surface area contributed by atoms with Gasteiger partial charge in [0.2, 0.25) is 5.91 Å². The predicted octanol–water partition coefficient (Wildman–Crippen LogP) is 3.52. The van der Waals surface area contributed by atoms with E-state index in [0.29, 0.717) is 17.4 Å². The lowest BCUT2D eigenvalue weighted by molar-refractivity contribution is -0.140. The fourth-order valence-electron chi connectivity index (χ4n) is 1.95. The molecule has 0 unspecified atom stereocenters. The Morgan fingerprint density at radius 1 is 1.20 bits per heavy atom. The summed E-state index contributed by atoms with van der Waals surface area (Å²) in [4.78, 5) is 22.3. The zero-order valence-corrected chi connectivity index (χ0v) is 14.4. The van der Waals surface area contributed by atoms with Crippen molar-refractivity contribution in [2.45, 2.75) is 19.6 Å². The van der Waals surface area contributed by atoms with Crippen LogP contribution in [0.4, 0.5) is 0 Å². The zero-order chi connectivity index (χ0) is 18.2. The maximum absolute atomic E-state index is 11.6. The summed E-state index contributed by atoms with van der Waals surface area (Å²) in [6, 6.07) is 13.7. The van der Waals surface area contributed by atoms with Gasteiger partial charge in [-0.1, -0.05) is 41.9 Å². The lowest BCUT2D eigenvalue weighted by Gasteiger charge is -2.08. The van der Waals surface area contributed by atoms with Crippen LogP contribution in [-0.2, 0) is 16.2 Å². The number of aliphatic carboxylic acids is 1. The fraction of sp³-hybridized carbons (Fsp3) is 0.158. The molecule has 0 saturated carbocycles. The van der Waals surface area contributed by atoms with E-state index in [1.54, 1.807) is 30.3 Å². The number of amides is 1. The van der Waals surface area contributed by atoms with Crippen molar-refractivity contribution in [1.82, 2.24) is 5.32 Å². The topological polar surface area (TPSA) is 75.6 Å². The molecule has 2 rings (SSSR count). The van der Waals surface area contributed by atoms with Crippen LogP contribution in [0.2, 0.25) is 5.02 Å². The Labute approximate surface area is 150 Å². The van der Waals surface area contributed by atoms with Crippen molar-refractivity contribution in [2.75, 3.05) is 0 Å². The molecule has 2 aromatic carbocycles. The first-order chi connectivity index (χ1) is 12.0. The van der Waals surface area contributed by atoms with Crippen molar-refractivity contribution in [3.63, 3.8) is 0 Å². The van der Waals surface area contributed by atoms with Crippen LogP contribution in [0.5, 0.6) is 5.75 Å². The van der Waals surface area contributed by atoms with Crippen molar-refractivity contribution >= 4 is 29.6 Å². The first-order valence-electron chi connectivity index (χ1n) is 7.63. The number of rotatable bonds is 7. The lowest BCUT2D eigenvalue weighted by atomic mass is 10.2. The van der Waals surface area contributed by atoms with Gasteiger partial charge in [-0.2, -0.15) is 0 Å². The van der Waals surface area contributed by atoms with Crippen LogP contribution in [-0.4, -0.2) is 23.0 Å². The first-order valence-corrected chi connectivity index (χ1v) is 8.01. The number of carboxylic acids is 1. The molecule has 2 N–H and O–H groups in total. The number of ether oxygens (including phenoxy) is 1. The SMILES string of the molecule is C[C@H](NC(=O)/C=C/c1ccc(OCc2ccccc2Cl)cc1)C(=O)O. The summed E-state index contributed by atoms with van der Waals surface area (Å²) in [5.74, 6) is -0.864. The van der Waals surface area contributed by atoms with Crippen LogP contribution in [0, 0.1) is 0 Å². The Hall–Kier alpha value is -2.79. The largest absolute Gasteiger partial charge is 0.489 e. The fourth-order valence-corrected chi connectivity index (χ4v) is 2.14. The molecule has 0 aromatic heterocycles. The van der Waals surface area contributed by atoms with Crippen molar-refractivity contribution in [3.8, 4) is 5.75 Å². The minimum Gasteiger partial charge on any atom is -0.489 e. The van der Waals surface area contributed by atoms with Gasteiger partial charge >= 0.3 is 5.97 Å². The number of carbonyl (C=O) groups excluding carboxylic acids is 1. The molecule has 0 aliphatic heterocycles. The number of nitrogens with one attached hydrogen (secondary N) is 1. The van der Waals surface area contributed by atoms with E-state index in [-0.39, 0.29) is 0 Å². The zero-order valence-electron chi connectivity index (χ0n) is 13.6. The summed E-state index contributed by atoms with van der Waals surface area (Å²) in [6.07, 6.45) is 2.89. The molecule has 0 aliphatic carbocycles. The molecule has 0 radical (unpaired) electrons. The van der Waals surface area contributed by atoms with Gasteiger partial charge in [-0.05, 0) is 36.8 Å². The molecule has 1 amide bonds. The van der Waals surface area contributed by atoms with Crippen LogP contribution in [0.15, 0.2) is 54.6 Å². The molecule has 0 fully saturated rings. The number of halogens is 1. The van der Waals surface area contributed by atoms with Crippen LogP contribution in [0.1, 0.15) is 18.1 Å². The summed E-state index contributed by atoms with van der Waals surface area (Å²) in [5.41, 5.74) is 1.69. The highest BCUT2D eigenvalue weighted by molar-refractivity contribution is 6.31. The Kier molecular flexibility index (Phi) is 6.60. The average molecular weight is 360 g/mol. The van der Waals surface area contributed by atoms with Gasteiger partial charge in [0, 0.05) is 16.7 Å². The molecule has 0 bridgehead atoms. The minimum atomic E-state index is -1.08. The van der Waals surface area contributed by atoms with Gasteiger partial charge in [0.25, 0.3) is 0 Å². The third-order valence-electron chi connectivity index (χ3n) is 3.39. The molecule has 25 heavy (non-hydrogen) atoms. The highest BCUT2D eigenvalue weighted by Gasteiger charge is 2.11. The number of carbonyl (C=O) groups is 2. The van der Waals surface area contributed by atoms with Gasteiger partial charge in [-0.25, -0.2) is 0 Å². The van der Waals surface area contributed by atoms with Gasteiger partial charge in [0.1, 0.15) is 18.4 Å². The van der Waals surface area contributed by atoms with E-state index < -0.39 is 17.9 Å². The van der Waals surface area contributed by atoms with E-state index in [1.807, 2.05) is 24.3 Å². The van der Waals surface area contributed by atoms with Crippen LogP contribution in [0.3, 0.4) is 0 Å². The van der Waals surface area contributed by atoms with Gasteiger partial charge in [-0.3, -0.25) is 9.59 Å². The number of benzene rings is 2. The molecule has 0 heterocycles. The monoisotopic (exact) mass is 359 g/mol. The summed E-state index contributed by atoms with van der Waals surface area (Å²) >= 11 is 6.08. The Bertz CT molecular complexity index is 771. The standard InChI is InChI=1S/C19H18ClNO4/c1-13(19(23)24)21-18(22)11-8-14-6-9-16(10-7-14)25-12-15-4-2-3-5-17(15)20/h2-11,13H,12H2,1H3,(H,21,22)(H,23,24)/b11-8+/t13-/m0/s1. The number of hydrogen-bond acceptors (Lipinski definition) is 3. The highest BCUT2D eigenvalue weighted by Crippen LogP contribution is 2.19. The molecule has 2 aromatic rings. The molecule has 130 valence electrons. The summed E-state index contributed by atoms with van der Waals surface area (Å²) in [7, 11) is 0. The van der Waals surface area contributed by atoms with Crippen LogP contribution < -0.4 is 10.1 Å².